The second kappa shape index (κ2) is 9.87. The molecule has 1 fully saturated rings. The molecule has 1 N–H and O–H groups in total. The van der Waals surface area contributed by atoms with Gasteiger partial charge in [-0.1, -0.05) is 36.4 Å². The van der Waals surface area contributed by atoms with E-state index in [-0.39, 0.29) is 42.9 Å². The summed E-state index contributed by atoms with van der Waals surface area (Å²) < 4.78 is 19.6. The largest absolute Gasteiger partial charge is 0.361 e. The number of nitrogens with one attached hydrogen (secondary N) is 1. The van der Waals surface area contributed by atoms with Gasteiger partial charge >= 0.3 is 0 Å². The number of hydrogen-bond acceptors (Lipinski definition) is 5. The number of amides is 2. The molecular weight excluding hydrogens is 423 g/mol. The quantitative estimate of drug-likeness (QED) is 0.627. The zero-order valence-corrected chi connectivity index (χ0v) is 18.3. The Morgan fingerprint density at radius 1 is 1.15 bits per heavy atom. The van der Waals surface area contributed by atoms with E-state index in [1.165, 1.54) is 30.7 Å². The lowest BCUT2D eigenvalue weighted by molar-refractivity contribution is -0.157. The number of benzene rings is 2. The average molecular weight is 448 g/mol. The van der Waals surface area contributed by atoms with Crippen LogP contribution in [0.4, 0.5) is 4.39 Å². The molecule has 2 amide bonds. The van der Waals surface area contributed by atoms with Gasteiger partial charge in [0.05, 0.1) is 19.3 Å². The zero-order valence-electron chi connectivity index (χ0n) is 18.3. The minimum absolute atomic E-state index is 0.0754. The summed E-state index contributed by atoms with van der Waals surface area (Å²) in [6.45, 7) is 2.90. The Morgan fingerprint density at radius 3 is 2.67 bits per heavy atom. The lowest BCUT2D eigenvalue weighted by Gasteiger charge is -2.41. The number of nitrogens with zero attached hydrogens (tertiary/aromatic N) is 3. The first-order chi connectivity index (χ1) is 16.0. The number of likely N-dealkylation sites (N-methyl/N-ethyl adjacent to an activating group) is 1. The van der Waals surface area contributed by atoms with Crippen molar-refractivity contribution < 1.29 is 18.7 Å². The Hall–Kier alpha value is -3.65. The van der Waals surface area contributed by atoms with Crippen molar-refractivity contribution in [1.82, 2.24) is 20.2 Å². The van der Waals surface area contributed by atoms with Gasteiger partial charge in [-0.05, 0) is 35.7 Å². The highest BCUT2D eigenvalue weighted by Crippen LogP contribution is 2.31. The predicted octanol–water partition coefficient (Wildman–Crippen LogP) is 2.87. The van der Waals surface area contributed by atoms with E-state index in [1.54, 1.807) is 17.0 Å². The van der Waals surface area contributed by atoms with Gasteiger partial charge in [-0.2, -0.15) is 0 Å². The Labute approximate surface area is 191 Å². The molecule has 7 nitrogen and oxygen atoms in total. The van der Waals surface area contributed by atoms with E-state index in [2.05, 4.69) is 15.3 Å². The molecule has 33 heavy (non-hydrogen) atoms. The van der Waals surface area contributed by atoms with Gasteiger partial charge < -0.3 is 15.0 Å². The maximum atomic E-state index is 13.5. The summed E-state index contributed by atoms with van der Waals surface area (Å²) in [7, 11) is 0. The molecule has 0 bridgehead atoms. The summed E-state index contributed by atoms with van der Waals surface area (Å²) >= 11 is 0. The molecule has 0 radical (unpaired) electrons. The van der Waals surface area contributed by atoms with E-state index in [0.29, 0.717) is 13.1 Å². The first-order valence-corrected chi connectivity index (χ1v) is 10.8. The molecule has 0 saturated carbocycles. The Morgan fingerprint density at radius 2 is 1.94 bits per heavy atom. The van der Waals surface area contributed by atoms with E-state index in [9.17, 15) is 14.0 Å². The van der Waals surface area contributed by atoms with Gasteiger partial charge in [-0.3, -0.25) is 14.6 Å². The number of ether oxygens (including phenoxy) is 1. The van der Waals surface area contributed by atoms with E-state index >= 15 is 0 Å². The van der Waals surface area contributed by atoms with Crippen molar-refractivity contribution in [1.29, 1.82) is 0 Å². The monoisotopic (exact) mass is 448 g/mol. The van der Waals surface area contributed by atoms with Crippen molar-refractivity contribution in [2.45, 2.75) is 18.9 Å². The van der Waals surface area contributed by atoms with Crippen LogP contribution in [0.15, 0.2) is 67.1 Å². The molecule has 1 aliphatic rings. The van der Waals surface area contributed by atoms with Crippen molar-refractivity contribution in [3.8, 4) is 11.1 Å². The highest BCUT2D eigenvalue weighted by atomic mass is 19.1. The zero-order chi connectivity index (χ0) is 23.3. The van der Waals surface area contributed by atoms with Crippen molar-refractivity contribution in [2.24, 2.45) is 0 Å². The van der Waals surface area contributed by atoms with Gasteiger partial charge in [0.2, 0.25) is 0 Å². The van der Waals surface area contributed by atoms with Crippen LogP contribution in [0, 0.1) is 5.82 Å². The maximum absolute atomic E-state index is 13.5. The van der Waals surface area contributed by atoms with Crippen LogP contribution in [-0.2, 0) is 16.0 Å². The van der Waals surface area contributed by atoms with Gasteiger partial charge in [0.15, 0.2) is 5.60 Å². The van der Waals surface area contributed by atoms with Crippen LogP contribution in [0.5, 0.6) is 0 Å². The summed E-state index contributed by atoms with van der Waals surface area (Å²) in [6.07, 6.45) is 4.62. The normalized spacial score (nSPS) is 18.1. The van der Waals surface area contributed by atoms with Crippen LogP contribution in [-0.4, -0.2) is 58.5 Å². The molecule has 2 heterocycles. The molecule has 1 atom stereocenters. The van der Waals surface area contributed by atoms with Gasteiger partial charge in [-0.15, -0.1) is 0 Å². The Bertz CT molecular complexity index is 1120. The van der Waals surface area contributed by atoms with E-state index in [4.69, 9.17) is 4.74 Å². The average Bonchev–Trinajstić information content (AvgIpc) is 2.85. The lowest BCUT2D eigenvalue weighted by Crippen LogP contribution is -2.62. The number of aromatic nitrogens is 2. The number of halogens is 1. The highest BCUT2D eigenvalue weighted by Gasteiger charge is 2.45. The van der Waals surface area contributed by atoms with Gasteiger partial charge in [0, 0.05) is 31.9 Å². The number of carbonyl (C=O) groups is 2. The number of rotatable bonds is 6. The molecule has 0 aliphatic carbocycles. The first-order valence-electron chi connectivity index (χ1n) is 10.8. The smallest absolute Gasteiger partial charge is 0.274 e. The standard InChI is InChI=1S/C25H25FN4O3/c1-2-28-24(32)25(17-30(13-14-33-25)23(31)22-16-27-11-12-29-22)15-19-5-3-4-6-21(19)18-7-9-20(26)10-8-18/h3-12,16H,2,13-15,17H2,1H3,(H,28,32). The number of hydrogen-bond donors (Lipinski definition) is 1. The molecule has 1 aliphatic heterocycles. The molecule has 170 valence electrons. The summed E-state index contributed by atoms with van der Waals surface area (Å²) in [6, 6.07) is 13.9. The minimum atomic E-state index is -1.28. The lowest BCUT2D eigenvalue weighted by atomic mass is 9.87. The van der Waals surface area contributed by atoms with Crippen molar-refractivity contribution in [3.05, 3.63) is 84.2 Å². The summed E-state index contributed by atoms with van der Waals surface area (Å²) in [4.78, 5) is 36.0. The summed E-state index contributed by atoms with van der Waals surface area (Å²) in [5.41, 5.74) is 1.52. The predicted molar refractivity (Wildman–Crippen MR) is 121 cm³/mol. The molecule has 1 aromatic heterocycles. The van der Waals surface area contributed by atoms with Crippen LogP contribution in [0.2, 0.25) is 0 Å². The maximum Gasteiger partial charge on any atom is 0.274 e. The SMILES string of the molecule is CCNC(=O)C1(Cc2ccccc2-c2ccc(F)cc2)CN(C(=O)c2cnccn2)CCO1. The molecular formula is C25H25FN4O3. The molecule has 1 saturated heterocycles. The van der Waals surface area contributed by atoms with Crippen LogP contribution >= 0.6 is 0 Å². The fourth-order valence-electron chi connectivity index (χ4n) is 4.07. The van der Waals surface area contributed by atoms with Crippen molar-refractivity contribution >= 4 is 11.8 Å². The van der Waals surface area contributed by atoms with Crippen LogP contribution in [0.25, 0.3) is 11.1 Å². The summed E-state index contributed by atoms with van der Waals surface area (Å²) in [5.74, 6) is -0.897. The van der Waals surface area contributed by atoms with Crippen molar-refractivity contribution in [2.75, 3.05) is 26.2 Å². The molecule has 1 unspecified atom stereocenters. The second-order valence-corrected chi connectivity index (χ2v) is 7.86. The van der Waals surface area contributed by atoms with Crippen LogP contribution < -0.4 is 5.32 Å². The van der Waals surface area contributed by atoms with Gasteiger partial charge in [-0.25, -0.2) is 9.37 Å². The number of carbonyl (C=O) groups excluding carboxylic acids is 2. The van der Waals surface area contributed by atoms with Crippen molar-refractivity contribution in [3.63, 3.8) is 0 Å². The van der Waals surface area contributed by atoms with E-state index in [0.717, 1.165) is 16.7 Å². The summed E-state index contributed by atoms with van der Waals surface area (Å²) in [5, 5.41) is 2.86. The van der Waals surface area contributed by atoms with Crippen LogP contribution in [0.3, 0.4) is 0 Å². The minimum Gasteiger partial charge on any atom is -0.361 e. The molecule has 8 heteroatoms. The first kappa shape index (κ1) is 22.5. The number of morpholine rings is 1. The fraction of sp³-hybridized carbons (Fsp3) is 0.280. The van der Waals surface area contributed by atoms with E-state index < -0.39 is 5.60 Å². The molecule has 3 aromatic rings. The Balaban J connectivity index is 1.68. The van der Waals surface area contributed by atoms with E-state index in [1.807, 2.05) is 31.2 Å². The Kier molecular flexibility index (Phi) is 6.74. The van der Waals surface area contributed by atoms with Gasteiger partial charge in [0.1, 0.15) is 11.5 Å². The third-order valence-corrected chi connectivity index (χ3v) is 5.66. The topological polar surface area (TPSA) is 84.4 Å². The second-order valence-electron chi connectivity index (χ2n) is 7.86. The molecule has 0 spiro atoms. The van der Waals surface area contributed by atoms with Crippen LogP contribution in [0.1, 0.15) is 23.0 Å². The highest BCUT2D eigenvalue weighted by molar-refractivity contribution is 5.93. The third kappa shape index (κ3) is 4.90. The fourth-order valence-corrected chi connectivity index (χ4v) is 4.07. The molecule has 4 rings (SSSR count). The third-order valence-electron chi connectivity index (χ3n) is 5.66. The van der Waals surface area contributed by atoms with Gasteiger partial charge in [0.25, 0.3) is 11.8 Å². The molecule has 2 aromatic carbocycles.